The molecule has 100 valence electrons. The summed E-state index contributed by atoms with van der Waals surface area (Å²) in [6.07, 6.45) is 3.40. The number of nitrogens with zero attached hydrogens (tertiary/aromatic N) is 2. The van der Waals surface area contributed by atoms with Crippen molar-refractivity contribution in [3.63, 3.8) is 0 Å². The predicted molar refractivity (Wildman–Crippen MR) is 72.3 cm³/mol. The molecule has 0 bridgehead atoms. The Bertz CT molecular complexity index is 481. The van der Waals surface area contributed by atoms with E-state index in [1.54, 1.807) is 6.08 Å². The number of hydrogen-bond acceptors (Lipinski definition) is 3. The summed E-state index contributed by atoms with van der Waals surface area (Å²) in [5, 5.41) is 0. The van der Waals surface area contributed by atoms with Crippen molar-refractivity contribution in [3.8, 4) is 0 Å². The molecule has 0 aliphatic heterocycles. The first-order chi connectivity index (χ1) is 9.06. The quantitative estimate of drug-likeness (QED) is 0.607. The van der Waals surface area contributed by atoms with Crippen LogP contribution in [0.2, 0.25) is 0 Å². The SMILES string of the molecule is CN(C)C(=O)N(CC=O)C(=O)/C=C/c1ccccc1. The van der Waals surface area contributed by atoms with Crippen molar-refractivity contribution in [2.75, 3.05) is 20.6 Å². The molecule has 5 nitrogen and oxygen atoms in total. The molecule has 0 saturated carbocycles. The summed E-state index contributed by atoms with van der Waals surface area (Å²) < 4.78 is 0. The standard InChI is InChI=1S/C14H16N2O3/c1-15(2)14(19)16(10-11-17)13(18)9-8-12-6-4-3-5-7-12/h3-9,11H,10H2,1-2H3/b9-8+. The minimum absolute atomic E-state index is 0.255. The minimum Gasteiger partial charge on any atom is -0.330 e. The van der Waals surface area contributed by atoms with Gasteiger partial charge in [-0.2, -0.15) is 0 Å². The molecule has 1 rings (SSSR count). The third-order valence-electron chi connectivity index (χ3n) is 2.35. The van der Waals surface area contributed by atoms with Gasteiger partial charge in [0.15, 0.2) is 0 Å². The highest BCUT2D eigenvalue weighted by Gasteiger charge is 2.20. The molecule has 0 aliphatic rings. The average Bonchev–Trinajstić information content (AvgIpc) is 2.42. The number of rotatable bonds is 4. The van der Waals surface area contributed by atoms with E-state index in [4.69, 9.17) is 0 Å². The van der Waals surface area contributed by atoms with Crippen molar-refractivity contribution in [2.24, 2.45) is 0 Å². The van der Waals surface area contributed by atoms with Crippen LogP contribution in [0.4, 0.5) is 4.79 Å². The van der Waals surface area contributed by atoms with Crippen LogP contribution in [0.1, 0.15) is 5.56 Å². The number of imide groups is 1. The normalized spacial score (nSPS) is 10.2. The van der Waals surface area contributed by atoms with Crippen molar-refractivity contribution in [1.29, 1.82) is 0 Å². The number of carbonyl (C=O) groups is 3. The number of aldehydes is 1. The third-order valence-corrected chi connectivity index (χ3v) is 2.35. The molecule has 0 heterocycles. The Morgan fingerprint density at radius 2 is 1.79 bits per heavy atom. The molecule has 0 radical (unpaired) electrons. The van der Waals surface area contributed by atoms with Crippen molar-refractivity contribution in [2.45, 2.75) is 0 Å². The Labute approximate surface area is 112 Å². The van der Waals surface area contributed by atoms with Crippen molar-refractivity contribution >= 4 is 24.3 Å². The highest BCUT2D eigenvalue weighted by molar-refractivity contribution is 6.03. The van der Waals surface area contributed by atoms with Crippen molar-refractivity contribution in [3.05, 3.63) is 42.0 Å². The second kappa shape index (κ2) is 7.10. The van der Waals surface area contributed by atoms with Crippen molar-refractivity contribution in [1.82, 2.24) is 9.80 Å². The first kappa shape index (κ1) is 14.6. The molecular formula is C14H16N2O3. The van der Waals surface area contributed by atoms with Crippen LogP contribution in [0.5, 0.6) is 0 Å². The van der Waals surface area contributed by atoms with Crippen LogP contribution in [0.3, 0.4) is 0 Å². The number of amides is 3. The molecular weight excluding hydrogens is 244 g/mol. The van der Waals surface area contributed by atoms with Crippen LogP contribution in [-0.2, 0) is 9.59 Å². The van der Waals surface area contributed by atoms with Gasteiger partial charge in [0.1, 0.15) is 6.29 Å². The summed E-state index contributed by atoms with van der Waals surface area (Å²) in [4.78, 5) is 36.3. The molecule has 0 aromatic heterocycles. The zero-order valence-corrected chi connectivity index (χ0v) is 10.9. The molecule has 0 N–H and O–H groups in total. The molecule has 1 aromatic carbocycles. The van der Waals surface area contributed by atoms with Crippen LogP contribution in [0.15, 0.2) is 36.4 Å². The maximum atomic E-state index is 11.9. The minimum atomic E-state index is -0.519. The van der Waals surface area contributed by atoms with E-state index in [2.05, 4.69) is 0 Å². The summed E-state index contributed by atoms with van der Waals surface area (Å²) >= 11 is 0. The average molecular weight is 260 g/mol. The van der Waals surface area contributed by atoms with Gasteiger partial charge in [-0.05, 0) is 11.6 Å². The lowest BCUT2D eigenvalue weighted by atomic mass is 10.2. The number of hydrogen-bond donors (Lipinski definition) is 0. The maximum absolute atomic E-state index is 11.9. The van der Waals surface area contributed by atoms with E-state index in [0.29, 0.717) is 6.29 Å². The molecule has 0 aliphatic carbocycles. The molecule has 5 heteroatoms. The van der Waals surface area contributed by atoms with Crippen LogP contribution < -0.4 is 0 Å². The van der Waals surface area contributed by atoms with Crippen molar-refractivity contribution < 1.29 is 14.4 Å². The highest BCUT2D eigenvalue weighted by Crippen LogP contribution is 2.03. The summed E-state index contributed by atoms with van der Waals surface area (Å²) in [5.41, 5.74) is 0.846. The van der Waals surface area contributed by atoms with E-state index in [-0.39, 0.29) is 6.54 Å². The Morgan fingerprint density at radius 1 is 1.16 bits per heavy atom. The van der Waals surface area contributed by atoms with Gasteiger partial charge < -0.3 is 9.69 Å². The summed E-state index contributed by atoms with van der Waals surface area (Å²) in [5.74, 6) is -0.519. The largest absolute Gasteiger partial charge is 0.330 e. The molecule has 0 saturated heterocycles. The van der Waals surface area contributed by atoms with Crippen LogP contribution in [0.25, 0.3) is 6.08 Å². The first-order valence-electron chi connectivity index (χ1n) is 5.76. The van der Waals surface area contributed by atoms with E-state index < -0.39 is 11.9 Å². The zero-order valence-electron chi connectivity index (χ0n) is 10.9. The third kappa shape index (κ3) is 4.39. The van der Waals surface area contributed by atoms with Gasteiger partial charge in [0.25, 0.3) is 5.91 Å². The van der Waals surface area contributed by atoms with Crippen LogP contribution in [-0.4, -0.2) is 48.7 Å². The number of urea groups is 1. The topological polar surface area (TPSA) is 57.7 Å². The fourth-order valence-corrected chi connectivity index (χ4v) is 1.40. The maximum Gasteiger partial charge on any atom is 0.326 e. The van der Waals surface area contributed by atoms with Crippen LogP contribution in [0, 0.1) is 0 Å². The van der Waals surface area contributed by atoms with Gasteiger partial charge in [0.2, 0.25) is 0 Å². The Kier molecular flexibility index (Phi) is 5.47. The molecule has 0 fully saturated rings. The van der Waals surface area contributed by atoms with Crippen LogP contribution >= 0.6 is 0 Å². The van der Waals surface area contributed by atoms with Gasteiger partial charge in [-0.3, -0.25) is 9.69 Å². The van der Waals surface area contributed by atoms with E-state index >= 15 is 0 Å². The predicted octanol–water partition coefficient (Wildman–Crippen LogP) is 1.41. The van der Waals surface area contributed by atoms with E-state index in [1.165, 1.54) is 25.1 Å². The molecule has 1 aromatic rings. The zero-order chi connectivity index (χ0) is 14.3. The molecule has 3 amide bonds. The lowest BCUT2D eigenvalue weighted by Crippen LogP contribution is -2.43. The Hall–Kier alpha value is -2.43. The second-order valence-corrected chi connectivity index (χ2v) is 4.04. The summed E-state index contributed by atoms with van der Waals surface area (Å²) in [6.45, 7) is -0.255. The number of benzene rings is 1. The Morgan fingerprint density at radius 3 is 2.32 bits per heavy atom. The molecule has 0 atom stereocenters. The summed E-state index contributed by atoms with van der Waals surface area (Å²) in [6, 6.07) is 8.71. The lowest BCUT2D eigenvalue weighted by Gasteiger charge is -2.20. The van der Waals surface area contributed by atoms with Gasteiger partial charge in [-0.15, -0.1) is 0 Å². The second-order valence-electron chi connectivity index (χ2n) is 4.04. The smallest absolute Gasteiger partial charge is 0.326 e. The van der Waals surface area contributed by atoms with E-state index in [1.807, 2.05) is 30.3 Å². The molecule has 0 unspecified atom stereocenters. The molecule has 0 spiro atoms. The fourth-order valence-electron chi connectivity index (χ4n) is 1.40. The van der Waals surface area contributed by atoms with Gasteiger partial charge >= 0.3 is 6.03 Å². The monoisotopic (exact) mass is 260 g/mol. The van der Waals surface area contributed by atoms with E-state index in [9.17, 15) is 14.4 Å². The lowest BCUT2D eigenvalue weighted by molar-refractivity contribution is -0.125. The first-order valence-corrected chi connectivity index (χ1v) is 5.76. The summed E-state index contributed by atoms with van der Waals surface area (Å²) in [7, 11) is 3.04. The van der Waals surface area contributed by atoms with Gasteiger partial charge in [-0.1, -0.05) is 30.3 Å². The van der Waals surface area contributed by atoms with Gasteiger partial charge in [-0.25, -0.2) is 4.79 Å². The van der Waals surface area contributed by atoms with Gasteiger partial charge in [0.05, 0.1) is 6.54 Å². The number of carbonyl (C=O) groups excluding carboxylic acids is 3. The Balaban J connectivity index is 2.80. The van der Waals surface area contributed by atoms with Gasteiger partial charge in [0, 0.05) is 20.2 Å². The van der Waals surface area contributed by atoms with E-state index in [0.717, 1.165) is 10.5 Å². The molecule has 19 heavy (non-hydrogen) atoms. The highest BCUT2D eigenvalue weighted by atomic mass is 16.2. The fraction of sp³-hybridized carbons (Fsp3) is 0.214.